The molecule has 0 radical (unpaired) electrons. The van der Waals surface area contributed by atoms with Gasteiger partial charge in [-0.15, -0.1) is 0 Å². The van der Waals surface area contributed by atoms with E-state index in [1.54, 1.807) is 12.3 Å². The molecule has 1 aromatic heterocycles. The van der Waals surface area contributed by atoms with Gasteiger partial charge in [-0.2, -0.15) is 5.26 Å². The van der Waals surface area contributed by atoms with Gasteiger partial charge in [0.15, 0.2) is 0 Å². The molecule has 0 saturated carbocycles. The number of benzene rings is 1. The van der Waals surface area contributed by atoms with Crippen LogP contribution >= 0.6 is 0 Å². The van der Waals surface area contributed by atoms with Crippen molar-refractivity contribution in [3.05, 3.63) is 59.7 Å². The van der Waals surface area contributed by atoms with E-state index in [0.717, 1.165) is 17.7 Å². The highest BCUT2D eigenvalue weighted by atomic mass is 14.8. The van der Waals surface area contributed by atoms with E-state index >= 15 is 0 Å². The molecule has 2 aromatic rings. The van der Waals surface area contributed by atoms with E-state index in [4.69, 9.17) is 0 Å². The van der Waals surface area contributed by atoms with E-state index in [1.165, 1.54) is 11.9 Å². The minimum absolute atomic E-state index is 0.325. The lowest BCUT2D eigenvalue weighted by Crippen LogP contribution is -2.01. The highest BCUT2D eigenvalue weighted by Gasteiger charge is 2.14. The lowest BCUT2D eigenvalue weighted by Gasteiger charge is -2.12. The molecule has 0 aliphatic heterocycles. The predicted molar refractivity (Wildman–Crippen MR) is 74.6 cm³/mol. The molecule has 1 aromatic carbocycles. The Morgan fingerprint density at radius 1 is 1.16 bits per heavy atom. The molecule has 96 valence electrons. The molecule has 0 aliphatic rings. The maximum absolute atomic E-state index is 9.35. The van der Waals surface area contributed by atoms with Gasteiger partial charge in [-0.05, 0) is 29.5 Å². The second-order valence-corrected chi connectivity index (χ2v) is 4.67. The predicted octanol–water partition coefficient (Wildman–Crippen LogP) is 3.65. The SMILES string of the molecule is CCC(C)c1ccc(C(C#N)c2ccncn2)cc1. The summed E-state index contributed by atoms with van der Waals surface area (Å²) in [6.45, 7) is 4.39. The molecule has 2 unspecified atom stereocenters. The summed E-state index contributed by atoms with van der Waals surface area (Å²) in [5.74, 6) is 0.225. The van der Waals surface area contributed by atoms with Crippen molar-refractivity contribution >= 4 is 0 Å². The average Bonchev–Trinajstić information content (AvgIpc) is 2.49. The smallest absolute Gasteiger partial charge is 0.115 e. The molecule has 0 aliphatic carbocycles. The quantitative estimate of drug-likeness (QED) is 0.833. The molecule has 3 nitrogen and oxygen atoms in total. The van der Waals surface area contributed by atoms with E-state index < -0.39 is 0 Å². The first kappa shape index (κ1) is 13.2. The first-order chi connectivity index (χ1) is 9.26. The number of nitriles is 1. The molecule has 2 atom stereocenters. The van der Waals surface area contributed by atoms with E-state index in [2.05, 4.69) is 42.0 Å². The summed E-state index contributed by atoms with van der Waals surface area (Å²) in [6, 6.07) is 12.4. The molecule has 0 amide bonds. The monoisotopic (exact) mass is 251 g/mol. The highest BCUT2D eigenvalue weighted by Crippen LogP contribution is 2.25. The number of aromatic nitrogens is 2. The first-order valence-corrected chi connectivity index (χ1v) is 6.51. The Balaban J connectivity index is 2.28. The van der Waals surface area contributed by atoms with Crippen molar-refractivity contribution in [3.8, 4) is 6.07 Å². The van der Waals surface area contributed by atoms with E-state index in [-0.39, 0.29) is 5.92 Å². The van der Waals surface area contributed by atoms with Gasteiger partial charge in [-0.3, -0.25) is 0 Å². The lowest BCUT2D eigenvalue weighted by molar-refractivity contribution is 0.733. The third-order valence-corrected chi connectivity index (χ3v) is 3.48. The van der Waals surface area contributed by atoms with Crippen LogP contribution in [0.1, 0.15) is 48.9 Å². The van der Waals surface area contributed by atoms with Gasteiger partial charge in [0.25, 0.3) is 0 Å². The first-order valence-electron chi connectivity index (χ1n) is 6.51. The van der Waals surface area contributed by atoms with Gasteiger partial charge in [0, 0.05) is 6.20 Å². The Labute approximate surface area is 114 Å². The van der Waals surface area contributed by atoms with Crippen LogP contribution in [0.3, 0.4) is 0 Å². The molecule has 0 spiro atoms. The van der Waals surface area contributed by atoms with Crippen LogP contribution < -0.4 is 0 Å². The van der Waals surface area contributed by atoms with Crippen molar-refractivity contribution < 1.29 is 0 Å². The fraction of sp³-hybridized carbons (Fsp3) is 0.312. The minimum atomic E-state index is -0.325. The van der Waals surface area contributed by atoms with Crippen LogP contribution in [0.25, 0.3) is 0 Å². The summed E-state index contributed by atoms with van der Waals surface area (Å²) in [7, 11) is 0. The molecule has 0 N–H and O–H groups in total. The van der Waals surface area contributed by atoms with Crippen LogP contribution in [-0.2, 0) is 0 Å². The summed E-state index contributed by atoms with van der Waals surface area (Å²) in [6.07, 6.45) is 4.26. The normalized spacial score (nSPS) is 13.5. The van der Waals surface area contributed by atoms with Crippen LogP contribution in [0.5, 0.6) is 0 Å². The van der Waals surface area contributed by atoms with Crippen molar-refractivity contribution in [2.24, 2.45) is 0 Å². The number of rotatable bonds is 4. The second kappa shape index (κ2) is 6.10. The molecule has 0 bridgehead atoms. The molecule has 19 heavy (non-hydrogen) atoms. The summed E-state index contributed by atoms with van der Waals surface area (Å²) in [5.41, 5.74) is 3.03. The summed E-state index contributed by atoms with van der Waals surface area (Å²) in [5, 5.41) is 9.35. The van der Waals surface area contributed by atoms with Crippen LogP contribution in [0, 0.1) is 11.3 Å². The standard InChI is InChI=1S/C16H17N3/c1-3-12(2)13-4-6-14(7-5-13)15(10-17)16-8-9-18-11-19-16/h4-9,11-12,15H,3H2,1-2H3. The van der Waals surface area contributed by atoms with Crippen molar-refractivity contribution in [2.45, 2.75) is 32.1 Å². The zero-order valence-electron chi connectivity index (χ0n) is 11.2. The molecule has 1 heterocycles. The molecule has 3 heteroatoms. The third-order valence-electron chi connectivity index (χ3n) is 3.48. The maximum Gasteiger partial charge on any atom is 0.115 e. The number of hydrogen-bond acceptors (Lipinski definition) is 3. The van der Waals surface area contributed by atoms with Gasteiger partial charge in [0.05, 0.1) is 11.8 Å². The zero-order valence-corrected chi connectivity index (χ0v) is 11.2. The molecular formula is C16H17N3. The van der Waals surface area contributed by atoms with E-state index in [9.17, 15) is 5.26 Å². The Hall–Kier alpha value is -2.21. The topological polar surface area (TPSA) is 49.6 Å². The third kappa shape index (κ3) is 2.97. The fourth-order valence-corrected chi connectivity index (χ4v) is 2.04. The molecule has 2 rings (SSSR count). The zero-order chi connectivity index (χ0) is 13.7. The van der Waals surface area contributed by atoms with Crippen LogP contribution in [-0.4, -0.2) is 9.97 Å². The van der Waals surface area contributed by atoms with Crippen LogP contribution in [0.4, 0.5) is 0 Å². The van der Waals surface area contributed by atoms with Crippen molar-refractivity contribution in [3.63, 3.8) is 0 Å². The van der Waals surface area contributed by atoms with Gasteiger partial charge in [0.2, 0.25) is 0 Å². The van der Waals surface area contributed by atoms with Crippen molar-refractivity contribution in [1.82, 2.24) is 9.97 Å². The largest absolute Gasteiger partial charge is 0.245 e. The van der Waals surface area contributed by atoms with E-state index in [1.807, 2.05) is 12.1 Å². The number of nitrogens with zero attached hydrogens (tertiary/aromatic N) is 3. The molecule has 0 fully saturated rings. The Morgan fingerprint density at radius 3 is 2.37 bits per heavy atom. The fourth-order valence-electron chi connectivity index (χ4n) is 2.04. The van der Waals surface area contributed by atoms with Crippen molar-refractivity contribution in [2.75, 3.05) is 0 Å². The van der Waals surface area contributed by atoms with Gasteiger partial charge >= 0.3 is 0 Å². The summed E-state index contributed by atoms with van der Waals surface area (Å²) in [4.78, 5) is 8.05. The summed E-state index contributed by atoms with van der Waals surface area (Å²) < 4.78 is 0. The Morgan fingerprint density at radius 2 is 1.84 bits per heavy atom. The lowest BCUT2D eigenvalue weighted by atomic mass is 9.92. The molecule has 0 saturated heterocycles. The van der Waals surface area contributed by atoms with Gasteiger partial charge in [0.1, 0.15) is 12.2 Å². The molecular weight excluding hydrogens is 234 g/mol. The Bertz CT molecular complexity index is 555. The minimum Gasteiger partial charge on any atom is -0.245 e. The van der Waals surface area contributed by atoms with E-state index in [0.29, 0.717) is 5.92 Å². The highest BCUT2D eigenvalue weighted by molar-refractivity contribution is 5.36. The number of hydrogen-bond donors (Lipinski definition) is 0. The van der Waals surface area contributed by atoms with Crippen molar-refractivity contribution in [1.29, 1.82) is 5.26 Å². The van der Waals surface area contributed by atoms with Crippen LogP contribution in [0.2, 0.25) is 0 Å². The second-order valence-electron chi connectivity index (χ2n) is 4.67. The Kier molecular flexibility index (Phi) is 4.25. The average molecular weight is 251 g/mol. The van der Waals surface area contributed by atoms with Crippen LogP contribution in [0.15, 0.2) is 42.9 Å². The summed E-state index contributed by atoms with van der Waals surface area (Å²) >= 11 is 0. The van der Waals surface area contributed by atoms with Gasteiger partial charge in [-0.25, -0.2) is 9.97 Å². The van der Waals surface area contributed by atoms with Gasteiger partial charge in [-0.1, -0.05) is 38.1 Å². The maximum atomic E-state index is 9.35. The van der Waals surface area contributed by atoms with Gasteiger partial charge < -0.3 is 0 Å².